The van der Waals surface area contributed by atoms with Crippen LogP contribution in [-0.2, 0) is 19.5 Å². The van der Waals surface area contributed by atoms with Crippen molar-refractivity contribution in [2.24, 2.45) is 5.41 Å². The maximum Gasteiger partial charge on any atom is 0.0272 e. The van der Waals surface area contributed by atoms with E-state index in [1.54, 1.807) is 0 Å². The number of halogens is 1. The van der Waals surface area contributed by atoms with Gasteiger partial charge in [-0.15, -0.1) is 11.6 Å². The Morgan fingerprint density at radius 3 is 1.43 bits per heavy atom. The smallest absolute Gasteiger partial charge is 0.0272 e. The summed E-state index contributed by atoms with van der Waals surface area (Å²) in [5, 5.41) is 0. The van der Waals surface area contributed by atoms with Crippen LogP contribution in [-0.4, -0.2) is 5.88 Å². The van der Waals surface area contributed by atoms with E-state index < -0.39 is 0 Å². The van der Waals surface area contributed by atoms with Crippen molar-refractivity contribution in [1.29, 1.82) is 0 Å². The molecule has 0 aromatic heterocycles. The summed E-state index contributed by atoms with van der Waals surface area (Å²) in [5.74, 6) is 0.743. The van der Waals surface area contributed by atoms with E-state index in [4.69, 9.17) is 11.6 Å². The third kappa shape index (κ3) is 10.9. The van der Waals surface area contributed by atoms with Crippen LogP contribution in [0.15, 0.2) is 0 Å². The summed E-state index contributed by atoms with van der Waals surface area (Å²) in [5.41, 5.74) is 0.307. The molecule has 0 aromatic carbocycles. The quantitative estimate of drug-likeness (QED) is 0.388. The molecule has 0 nitrogen and oxygen atoms in total. The molecule has 0 saturated heterocycles. The molecule has 40 valence electrons. The Bertz CT molecular complexity index is 37.8. The van der Waals surface area contributed by atoms with Crippen LogP contribution in [0.2, 0.25) is 0 Å². The van der Waals surface area contributed by atoms with Crippen LogP contribution in [0.1, 0.15) is 20.8 Å². The summed E-state index contributed by atoms with van der Waals surface area (Å²) in [6.45, 7) is 6.33. The van der Waals surface area contributed by atoms with Gasteiger partial charge < -0.3 is 0 Å². The molecule has 0 saturated carbocycles. The first kappa shape index (κ1) is 10.8. The zero-order valence-corrected chi connectivity index (χ0v) is 9.02. The van der Waals surface area contributed by atoms with Crippen molar-refractivity contribution >= 4 is 11.6 Å². The molecule has 0 amide bonds. The Morgan fingerprint density at radius 2 is 1.43 bits per heavy atom. The maximum absolute atomic E-state index is 5.48. The second-order valence-electron chi connectivity index (χ2n) is 2.69. The fourth-order valence-electron chi connectivity index (χ4n) is 0. The SMILES string of the molecule is CC(C)(C)CCl.[Zn]. The summed E-state index contributed by atoms with van der Waals surface area (Å²) in [4.78, 5) is 0. The number of hydrogen-bond acceptors (Lipinski definition) is 0. The van der Waals surface area contributed by atoms with E-state index in [2.05, 4.69) is 20.8 Å². The molecule has 0 fully saturated rings. The molecule has 0 aliphatic heterocycles. The van der Waals surface area contributed by atoms with Gasteiger partial charge in [0.1, 0.15) is 0 Å². The predicted octanol–water partition coefficient (Wildman–Crippen LogP) is 2.27. The summed E-state index contributed by atoms with van der Waals surface area (Å²) in [6, 6.07) is 0. The molecule has 0 unspecified atom stereocenters. The zero-order chi connectivity index (χ0) is 5.21. The number of alkyl halides is 1. The third-order valence-electron chi connectivity index (χ3n) is 0.401. The van der Waals surface area contributed by atoms with E-state index in [9.17, 15) is 0 Å². The summed E-state index contributed by atoms with van der Waals surface area (Å²) in [6.07, 6.45) is 0. The monoisotopic (exact) mass is 170 g/mol. The molecule has 0 aromatic rings. The van der Waals surface area contributed by atoms with Gasteiger partial charge in [0.2, 0.25) is 0 Å². The molecule has 0 bridgehead atoms. The largest absolute Gasteiger partial charge is 0.126 e. The van der Waals surface area contributed by atoms with Crippen LogP contribution in [0.25, 0.3) is 0 Å². The fraction of sp³-hybridized carbons (Fsp3) is 1.00. The van der Waals surface area contributed by atoms with Gasteiger partial charge in [-0.05, 0) is 5.41 Å². The molecule has 0 spiro atoms. The van der Waals surface area contributed by atoms with Gasteiger partial charge in [-0.25, -0.2) is 0 Å². The topological polar surface area (TPSA) is 0 Å². The van der Waals surface area contributed by atoms with E-state index >= 15 is 0 Å². The van der Waals surface area contributed by atoms with E-state index in [1.165, 1.54) is 0 Å². The minimum atomic E-state index is 0. The third-order valence-corrected chi connectivity index (χ3v) is 1.20. The summed E-state index contributed by atoms with van der Waals surface area (Å²) < 4.78 is 0. The second-order valence-corrected chi connectivity index (χ2v) is 2.96. The molecule has 0 aliphatic rings. The van der Waals surface area contributed by atoms with Gasteiger partial charge in [0, 0.05) is 25.4 Å². The first-order valence-electron chi connectivity index (χ1n) is 2.12. The van der Waals surface area contributed by atoms with Gasteiger partial charge in [-0.2, -0.15) is 0 Å². The molecule has 0 heterocycles. The first-order chi connectivity index (χ1) is 2.56. The van der Waals surface area contributed by atoms with Crippen molar-refractivity contribution in [1.82, 2.24) is 0 Å². The van der Waals surface area contributed by atoms with Crippen molar-refractivity contribution in [2.45, 2.75) is 20.8 Å². The van der Waals surface area contributed by atoms with Crippen LogP contribution in [0.5, 0.6) is 0 Å². The van der Waals surface area contributed by atoms with Gasteiger partial charge in [-0.1, -0.05) is 20.8 Å². The summed E-state index contributed by atoms with van der Waals surface area (Å²) in [7, 11) is 0. The maximum atomic E-state index is 5.48. The Hall–Kier alpha value is 0.913. The van der Waals surface area contributed by atoms with Crippen LogP contribution in [0.4, 0.5) is 0 Å². The molecule has 0 atom stereocenters. The Labute approximate surface area is 63.4 Å². The van der Waals surface area contributed by atoms with Gasteiger partial charge >= 0.3 is 0 Å². The Kier molecular flexibility index (Phi) is 5.97. The second kappa shape index (κ2) is 3.86. The number of hydrogen-bond donors (Lipinski definition) is 0. The average Bonchev–Trinajstić information content (AvgIpc) is 1.35. The van der Waals surface area contributed by atoms with E-state index in [0.717, 1.165) is 5.88 Å². The van der Waals surface area contributed by atoms with Crippen LogP contribution >= 0.6 is 11.6 Å². The minimum absolute atomic E-state index is 0. The van der Waals surface area contributed by atoms with Crippen molar-refractivity contribution in [3.8, 4) is 0 Å². The van der Waals surface area contributed by atoms with E-state index in [0.29, 0.717) is 5.41 Å². The van der Waals surface area contributed by atoms with Gasteiger partial charge in [0.05, 0.1) is 0 Å². The zero-order valence-electron chi connectivity index (χ0n) is 5.29. The average molecular weight is 172 g/mol. The molecular weight excluding hydrogens is 161 g/mol. The normalized spacial score (nSPS) is 10.3. The van der Waals surface area contributed by atoms with E-state index in [1.807, 2.05) is 0 Å². The standard InChI is InChI=1S/C5H11Cl.Zn/c1-5(2,3)4-6;/h4H2,1-3H3;. The van der Waals surface area contributed by atoms with Crippen molar-refractivity contribution in [3.63, 3.8) is 0 Å². The molecule has 0 radical (unpaired) electrons. The van der Waals surface area contributed by atoms with Gasteiger partial charge in [-0.3, -0.25) is 0 Å². The van der Waals surface area contributed by atoms with Crippen LogP contribution in [0, 0.1) is 5.41 Å². The minimum Gasteiger partial charge on any atom is -0.126 e. The molecule has 2 heteroatoms. The van der Waals surface area contributed by atoms with Crippen LogP contribution in [0.3, 0.4) is 0 Å². The molecule has 0 aliphatic carbocycles. The Morgan fingerprint density at radius 1 is 1.29 bits per heavy atom. The van der Waals surface area contributed by atoms with Gasteiger partial charge in [0.15, 0.2) is 0 Å². The predicted molar refractivity (Wildman–Crippen MR) is 30.2 cm³/mol. The van der Waals surface area contributed by atoms with Crippen LogP contribution < -0.4 is 0 Å². The first-order valence-corrected chi connectivity index (χ1v) is 2.66. The molecule has 0 rings (SSSR count). The molecule has 0 N–H and O–H groups in total. The molecular formula is C5H11ClZn. The number of rotatable bonds is 0. The van der Waals surface area contributed by atoms with E-state index in [-0.39, 0.29) is 19.5 Å². The molecule has 7 heavy (non-hydrogen) atoms. The fourth-order valence-corrected chi connectivity index (χ4v) is 0. The Balaban J connectivity index is 0. The van der Waals surface area contributed by atoms with Gasteiger partial charge in [0.25, 0.3) is 0 Å². The summed E-state index contributed by atoms with van der Waals surface area (Å²) >= 11 is 5.48. The van der Waals surface area contributed by atoms with Crippen molar-refractivity contribution in [2.75, 3.05) is 5.88 Å². The van der Waals surface area contributed by atoms with Crippen molar-refractivity contribution < 1.29 is 19.5 Å². The van der Waals surface area contributed by atoms with Crippen molar-refractivity contribution in [3.05, 3.63) is 0 Å².